The predicted molar refractivity (Wildman–Crippen MR) is 189 cm³/mol. The monoisotopic (exact) mass is 598 g/mol. The SMILES string of the molecule is N#Cc1cc(-n2c3ccccc3c3ccc4c5ccccc5oc4c32)c(C#N)cc1-n1c2ccccc2c2c3ccccc3ccc21. The van der Waals surface area contributed by atoms with E-state index in [4.69, 9.17) is 4.42 Å². The van der Waals surface area contributed by atoms with Gasteiger partial charge in [0.25, 0.3) is 0 Å². The van der Waals surface area contributed by atoms with Crippen molar-refractivity contribution in [3.8, 4) is 23.5 Å². The summed E-state index contributed by atoms with van der Waals surface area (Å²) in [6, 6.07) is 50.0. The normalized spacial score (nSPS) is 11.8. The largest absolute Gasteiger partial charge is 0.454 e. The lowest BCUT2D eigenvalue weighted by molar-refractivity contribution is 0.671. The number of fused-ring (bicyclic) bond motifs is 12. The standard InChI is InChI=1S/C42H22N4O/c43-23-26-22-38(46-34-14-6-3-11-29(34)31-18-19-32-30-12-5-8-16-39(30)47-42(32)41(31)46)27(24-44)21-37(26)45-35-15-7-4-13-33(35)40-28-10-2-1-9-25(28)17-20-36(40)45/h1-22H. The highest BCUT2D eigenvalue weighted by atomic mass is 16.3. The number of furan rings is 1. The first kappa shape index (κ1) is 25.5. The molecule has 47 heavy (non-hydrogen) atoms. The van der Waals surface area contributed by atoms with Crippen LogP contribution in [-0.4, -0.2) is 9.13 Å². The Morgan fingerprint density at radius 3 is 1.83 bits per heavy atom. The van der Waals surface area contributed by atoms with Crippen LogP contribution in [0, 0.1) is 22.7 Å². The van der Waals surface area contributed by atoms with Crippen molar-refractivity contribution in [2.75, 3.05) is 0 Å². The summed E-state index contributed by atoms with van der Waals surface area (Å²) in [5, 5.41) is 30.1. The van der Waals surface area contributed by atoms with Crippen molar-refractivity contribution in [1.82, 2.24) is 9.13 Å². The van der Waals surface area contributed by atoms with Gasteiger partial charge in [-0.3, -0.25) is 0 Å². The molecule has 216 valence electrons. The number of hydrogen-bond acceptors (Lipinski definition) is 3. The van der Waals surface area contributed by atoms with Gasteiger partial charge in [-0.05, 0) is 53.2 Å². The average molecular weight is 599 g/mol. The summed E-state index contributed by atoms with van der Waals surface area (Å²) in [4.78, 5) is 0. The lowest BCUT2D eigenvalue weighted by Gasteiger charge is -2.15. The molecule has 0 spiro atoms. The second-order valence-corrected chi connectivity index (χ2v) is 11.9. The van der Waals surface area contributed by atoms with E-state index in [2.05, 4.69) is 94.1 Å². The molecular formula is C42H22N4O. The van der Waals surface area contributed by atoms with Gasteiger partial charge >= 0.3 is 0 Å². The zero-order valence-corrected chi connectivity index (χ0v) is 24.9. The average Bonchev–Trinajstić information content (AvgIpc) is 3.79. The van der Waals surface area contributed by atoms with Gasteiger partial charge in [0.1, 0.15) is 17.7 Å². The van der Waals surface area contributed by atoms with E-state index in [-0.39, 0.29) is 0 Å². The van der Waals surface area contributed by atoms with Crippen molar-refractivity contribution in [3.05, 3.63) is 145 Å². The Bertz CT molecular complexity index is 3050. The Balaban J connectivity index is 1.33. The topological polar surface area (TPSA) is 70.6 Å². The maximum Gasteiger partial charge on any atom is 0.160 e. The van der Waals surface area contributed by atoms with Crippen LogP contribution in [0.25, 0.3) is 87.7 Å². The summed E-state index contributed by atoms with van der Waals surface area (Å²) in [5.41, 5.74) is 7.57. The first-order chi connectivity index (χ1) is 23.2. The van der Waals surface area contributed by atoms with Gasteiger partial charge in [0.2, 0.25) is 0 Å². The van der Waals surface area contributed by atoms with E-state index in [0.29, 0.717) is 22.5 Å². The maximum atomic E-state index is 10.8. The minimum Gasteiger partial charge on any atom is -0.454 e. The summed E-state index contributed by atoms with van der Waals surface area (Å²) >= 11 is 0. The van der Waals surface area contributed by atoms with Crippen molar-refractivity contribution in [2.24, 2.45) is 0 Å². The summed E-state index contributed by atoms with van der Waals surface area (Å²) in [6.45, 7) is 0. The molecular weight excluding hydrogens is 576 g/mol. The van der Waals surface area contributed by atoms with E-state index in [1.54, 1.807) is 0 Å². The second-order valence-electron chi connectivity index (χ2n) is 11.9. The molecule has 0 unspecified atom stereocenters. The van der Waals surface area contributed by atoms with Crippen molar-refractivity contribution >= 4 is 76.3 Å². The number of para-hydroxylation sites is 3. The number of rotatable bonds is 2. The summed E-state index contributed by atoms with van der Waals surface area (Å²) in [5.74, 6) is 0. The van der Waals surface area contributed by atoms with Crippen LogP contribution in [0.1, 0.15) is 11.1 Å². The highest BCUT2D eigenvalue weighted by Crippen LogP contribution is 2.42. The van der Waals surface area contributed by atoms with Gasteiger partial charge < -0.3 is 13.6 Å². The Morgan fingerprint density at radius 1 is 0.468 bits per heavy atom. The molecule has 0 atom stereocenters. The molecule has 10 rings (SSSR count). The molecule has 0 fully saturated rings. The number of nitrogens with zero attached hydrogens (tertiary/aromatic N) is 4. The van der Waals surface area contributed by atoms with Gasteiger partial charge in [0, 0.05) is 32.3 Å². The molecule has 0 aliphatic rings. The van der Waals surface area contributed by atoms with Gasteiger partial charge in [0.15, 0.2) is 5.58 Å². The minimum absolute atomic E-state index is 0.460. The molecule has 7 aromatic carbocycles. The Hall–Kier alpha value is -6.82. The second kappa shape index (κ2) is 9.34. The molecule has 10 aromatic rings. The quantitative estimate of drug-likeness (QED) is 0.199. The highest BCUT2D eigenvalue weighted by Gasteiger charge is 2.23. The van der Waals surface area contributed by atoms with E-state index in [1.165, 1.54) is 0 Å². The lowest BCUT2D eigenvalue weighted by atomic mass is 10.0. The molecule has 5 nitrogen and oxygen atoms in total. The molecule has 3 aromatic heterocycles. The van der Waals surface area contributed by atoms with E-state index in [9.17, 15) is 10.5 Å². The van der Waals surface area contributed by atoms with Gasteiger partial charge in [-0.15, -0.1) is 0 Å². The Morgan fingerprint density at radius 2 is 1.06 bits per heavy atom. The number of benzene rings is 7. The van der Waals surface area contributed by atoms with E-state index < -0.39 is 0 Å². The third-order valence-electron chi connectivity index (χ3n) is 9.58. The summed E-state index contributed by atoms with van der Waals surface area (Å²) < 4.78 is 10.8. The first-order valence-electron chi connectivity index (χ1n) is 15.5. The van der Waals surface area contributed by atoms with Crippen LogP contribution in [0.5, 0.6) is 0 Å². The van der Waals surface area contributed by atoms with Crippen molar-refractivity contribution in [2.45, 2.75) is 0 Å². The zero-order valence-electron chi connectivity index (χ0n) is 24.9. The fourth-order valence-electron chi connectivity index (χ4n) is 7.61. The molecule has 0 aliphatic heterocycles. The molecule has 0 saturated heterocycles. The van der Waals surface area contributed by atoms with E-state index in [1.807, 2.05) is 60.7 Å². The first-order valence-corrected chi connectivity index (χ1v) is 15.5. The molecule has 0 bridgehead atoms. The smallest absolute Gasteiger partial charge is 0.160 e. The van der Waals surface area contributed by atoms with Crippen molar-refractivity contribution < 1.29 is 4.42 Å². The van der Waals surface area contributed by atoms with Crippen LogP contribution < -0.4 is 0 Å². The molecule has 0 N–H and O–H groups in total. The molecule has 0 radical (unpaired) electrons. The van der Waals surface area contributed by atoms with Crippen LogP contribution in [0.2, 0.25) is 0 Å². The number of aromatic nitrogens is 2. The summed E-state index contributed by atoms with van der Waals surface area (Å²) in [6.07, 6.45) is 0. The predicted octanol–water partition coefficient (Wildman–Crippen LogP) is 10.7. The molecule has 0 amide bonds. The fourth-order valence-corrected chi connectivity index (χ4v) is 7.61. The summed E-state index contributed by atoms with van der Waals surface area (Å²) in [7, 11) is 0. The van der Waals surface area contributed by atoms with Gasteiger partial charge in [-0.25, -0.2) is 0 Å². The Labute approximate surface area is 267 Å². The van der Waals surface area contributed by atoms with Gasteiger partial charge in [-0.1, -0.05) is 91.0 Å². The van der Waals surface area contributed by atoms with Gasteiger partial charge in [0.05, 0.1) is 44.6 Å². The molecule has 3 heterocycles. The van der Waals surface area contributed by atoms with E-state index >= 15 is 0 Å². The van der Waals surface area contributed by atoms with Crippen LogP contribution in [-0.2, 0) is 0 Å². The van der Waals surface area contributed by atoms with Crippen LogP contribution in [0.3, 0.4) is 0 Å². The van der Waals surface area contributed by atoms with Gasteiger partial charge in [-0.2, -0.15) is 10.5 Å². The number of nitriles is 2. The van der Waals surface area contributed by atoms with Crippen molar-refractivity contribution in [1.29, 1.82) is 10.5 Å². The third-order valence-corrected chi connectivity index (χ3v) is 9.58. The third kappa shape index (κ3) is 3.35. The zero-order chi connectivity index (χ0) is 31.2. The fraction of sp³-hybridized carbons (Fsp3) is 0. The van der Waals surface area contributed by atoms with Crippen LogP contribution >= 0.6 is 0 Å². The van der Waals surface area contributed by atoms with Crippen molar-refractivity contribution in [3.63, 3.8) is 0 Å². The maximum absolute atomic E-state index is 10.8. The highest BCUT2D eigenvalue weighted by molar-refractivity contribution is 6.22. The van der Waals surface area contributed by atoms with Crippen LogP contribution in [0.4, 0.5) is 0 Å². The Kier molecular flexibility index (Phi) is 5.07. The van der Waals surface area contributed by atoms with E-state index in [0.717, 1.165) is 76.3 Å². The molecule has 0 aliphatic carbocycles. The number of hydrogen-bond donors (Lipinski definition) is 0. The molecule has 5 heteroatoms. The minimum atomic E-state index is 0.460. The molecule has 0 saturated carbocycles. The lowest BCUT2D eigenvalue weighted by Crippen LogP contribution is -2.04. The van der Waals surface area contributed by atoms with Crippen LogP contribution in [0.15, 0.2) is 138 Å².